The number of alkyl halides is 3. The zero-order valence-electron chi connectivity index (χ0n) is 10.4. The van der Waals surface area contributed by atoms with Crippen LogP contribution in [-0.4, -0.2) is 55.2 Å². The maximum absolute atomic E-state index is 12.9. The summed E-state index contributed by atoms with van der Waals surface area (Å²) >= 11 is 0. The van der Waals surface area contributed by atoms with E-state index < -0.39 is 12.2 Å². The lowest BCUT2D eigenvalue weighted by Gasteiger charge is -2.33. The maximum atomic E-state index is 12.9. The Bertz CT molecular complexity index is 226. The van der Waals surface area contributed by atoms with Crippen LogP contribution in [0.1, 0.15) is 20.3 Å². The Labute approximate surface area is 95.4 Å². The summed E-state index contributed by atoms with van der Waals surface area (Å²) < 4.78 is 38.7. The number of hydrogen-bond acceptors (Lipinski definition) is 2. The molecule has 5 heteroatoms. The molecule has 1 saturated heterocycles. The smallest absolute Gasteiger partial charge is 0.305 e. The summed E-state index contributed by atoms with van der Waals surface area (Å²) in [5.41, 5.74) is 0. The van der Waals surface area contributed by atoms with Crippen LogP contribution in [0.4, 0.5) is 13.2 Å². The largest absolute Gasteiger partial charge is 0.404 e. The topological polar surface area (TPSA) is 6.48 Å². The number of nitrogens with zero attached hydrogens (tertiary/aromatic N) is 2. The van der Waals surface area contributed by atoms with E-state index in [1.165, 1.54) is 0 Å². The van der Waals surface area contributed by atoms with Gasteiger partial charge in [-0.2, -0.15) is 13.2 Å². The predicted molar refractivity (Wildman–Crippen MR) is 58.3 cm³/mol. The van der Waals surface area contributed by atoms with Crippen LogP contribution in [-0.2, 0) is 0 Å². The highest BCUT2D eigenvalue weighted by atomic mass is 19.4. The monoisotopic (exact) mass is 238 g/mol. The van der Waals surface area contributed by atoms with Crippen LogP contribution in [0.2, 0.25) is 0 Å². The fourth-order valence-corrected chi connectivity index (χ4v) is 2.45. The number of likely N-dealkylation sites (tertiary alicyclic amines) is 1. The molecule has 1 fully saturated rings. The van der Waals surface area contributed by atoms with Gasteiger partial charge < -0.3 is 4.90 Å². The Morgan fingerprint density at radius 3 is 2.12 bits per heavy atom. The first-order valence-corrected chi connectivity index (χ1v) is 5.70. The highest BCUT2D eigenvalue weighted by Gasteiger charge is 2.47. The van der Waals surface area contributed by atoms with Crippen LogP contribution in [0.25, 0.3) is 0 Å². The fourth-order valence-electron chi connectivity index (χ4n) is 2.45. The molecule has 0 aromatic heterocycles. The average molecular weight is 238 g/mol. The fraction of sp³-hybridized carbons (Fsp3) is 1.00. The zero-order valence-corrected chi connectivity index (χ0v) is 10.4. The third kappa shape index (κ3) is 3.10. The lowest BCUT2D eigenvalue weighted by Crippen LogP contribution is -2.48. The van der Waals surface area contributed by atoms with E-state index >= 15 is 0 Å². The van der Waals surface area contributed by atoms with Crippen molar-refractivity contribution in [1.82, 2.24) is 9.80 Å². The molecule has 96 valence electrons. The van der Waals surface area contributed by atoms with Crippen molar-refractivity contribution in [2.75, 3.05) is 27.2 Å². The highest BCUT2D eigenvalue weighted by molar-refractivity contribution is 4.89. The lowest BCUT2D eigenvalue weighted by molar-refractivity contribution is -0.192. The SMILES string of the molecule is CC(C)C(N1CCC(N(C)C)C1)C(F)(F)F. The van der Waals surface area contributed by atoms with Gasteiger partial charge in [-0.1, -0.05) is 13.8 Å². The van der Waals surface area contributed by atoms with Crippen molar-refractivity contribution < 1.29 is 13.2 Å². The molecule has 0 bridgehead atoms. The Balaban J connectivity index is 2.69. The molecule has 1 aliphatic rings. The van der Waals surface area contributed by atoms with Gasteiger partial charge >= 0.3 is 6.18 Å². The van der Waals surface area contributed by atoms with E-state index in [4.69, 9.17) is 0 Å². The van der Waals surface area contributed by atoms with E-state index in [2.05, 4.69) is 0 Å². The van der Waals surface area contributed by atoms with Crippen LogP contribution in [0.3, 0.4) is 0 Å². The number of likely N-dealkylation sites (N-methyl/N-ethyl adjacent to an activating group) is 1. The van der Waals surface area contributed by atoms with Gasteiger partial charge in [-0.25, -0.2) is 0 Å². The van der Waals surface area contributed by atoms with Crippen molar-refractivity contribution >= 4 is 0 Å². The van der Waals surface area contributed by atoms with E-state index in [9.17, 15) is 13.2 Å². The van der Waals surface area contributed by atoms with E-state index in [-0.39, 0.29) is 12.0 Å². The van der Waals surface area contributed by atoms with Gasteiger partial charge in [-0.05, 0) is 26.4 Å². The van der Waals surface area contributed by atoms with Crippen LogP contribution in [0.5, 0.6) is 0 Å². The molecule has 0 aliphatic carbocycles. The molecule has 2 nitrogen and oxygen atoms in total. The minimum Gasteiger partial charge on any atom is -0.305 e. The van der Waals surface area contributed by atoms with E-state index in [0.29, 0.717) is 13.1 Å². The van der Waals surface area contributed by atoms with Crippen molar-refractivity contribution in [3.63, 3.8) is 0 Å². The summed E-state index contributed by atoms with van der Waals surface area (Å²) in [5, 5.41) is 0. The van der Waals surface area contributed by atoms with Crippen molar-refractivity contribution in [3.8, 4) is 0 Å². The van der Waals surface area contributed by atoms with Crippen LogP contribution >= 0.6 is 0 Å². The molecule has 0 aromatic rings. The van der Waals surface area contributed by atoms with E-state index in [1.807, 2.05) is 19.0 Å². The van der Waals surface area contributed by atoms with Crippen LogP contribution in [0, 0.1) is 5.92 Å². The molecule has 1 aliphatic heterocycles. The van der Waals surface area contributed by atoms with Gasteiger partial charge in [0.2, 0.25) is 0 Å². The number of halogens is 3. The minimum atomic E-state index is -4.12. The second kappa shape index (κ2) is 4.92. The minimum absolute atomic E-state index is 0.253. The summed E-state index contributed by atoms with van der Waals surface area (Å²) in [5.74, 6) is -0.388. The quantitative estimate of drug-likeness (QED) is 0.744. The molecular weight excluding hydrogens is 217 g/mol. The third-order valence-electron chi connectivity index (χ3n) is 3.29. The van der Waals surface area contributed by atoms with Crippen LogP contribution in [0.15, 0.2) is 0 Å². The Morgan fingerprint density at radius 2 is 1.81 bits per heavy atom. The molecule has 16 heavy (non-hydrogen) atoms. The van der Waals surface area contributed by atoms with Crippen molar-refractivity contribution in [1.29, 1.82) is 0 Å². The van der Waals surface area contributed by atoms with Gasteiger partial charge in [0.1, 0.15) is 6.04 Å². The molecule has 2 unspecified atom stereocenters. The van der Waals surface area contributed by atoms with Crippen molar-refractivity contribution in [2.45, 2.75) is 38.5 Å². The molecule has 1 rings (SSSR count). The van der Waals surface area contributed by atoms with Gasteiger partial charge in [0, 0.05) is 19.1 Å². The molecule has 0 spiro atoms. The average Bonchev–Trinajstić information content (AvgIpc) is 2.49. The summed E-state index contributed by atoms with van der Waals surface area (Å²) in [6.45, 7) is 4.35. The van der Waals surface area contributed by atoms with Crippen molar-refractivity contribution in [2.24, 2.45) is 5.92 Å². The maximum Gasteiger partial charge on any atom is 0.404 e. The molecule has 0 amide bonds. The lowest BCUT2D eigenvalue weighted by atomic mass is 10.0. The standard InChI is InChI=1S/C11H21F3N2/c1-8(2)10(11(12,13)14)16-6-5-9(7-16)15(3)4/h8-10H,5-7H2,1-4H3. The first-order valence-electron chi connectivity index (χ1n) is 5.70. The number of rotatable bonds is 3. The summed E-state index contributed by atoms with van der Waals surface area (Å²) in [6, 6.07) is -1.04. The first-order chi connectivity index (χ1) is 7.23. The van der Waals surface area contributed by atoms with E-state index in [1.54, 1.807) is 18.7 Å². The van der Waals surface area contributed by atoms with Crippen LogP contribution < -0.4 is 0 Å². The normalized spacial score (nSPS) is 25.7. The molecule has 0 radical (unpaired) electrons. The summed E-state index contributed by atoms with van der Waals surface area (Å²) in [7, 11) is 3.85. The third-order valence-corrected chi connectivity index (χ3v) is 3.29. The molecule has 0 aromatic carbocycles. The van der Waals surface area contributed by atoms with Gasteiger partial charge in [0.05, 0.1) is 0 Å². The molecule has 0 N–H and O–H groups in total. The Hall–Kier alpha value is -0.290. The second-order valence-electron chi connectivity index (χ2n) is 5.13. The molecule has 0 saturated carbocycles. The van der Waals surface area contributed by atoms with Gasteiger partial charge in [0.25, 0.3) is 0 Å². The highest BCUT2D eigenvalue weighted by Crippen LogP contribution is 2.32. The van der Waals surface area contributed by atoms with Crippen molar-refractivity contribution in [3.05, 3.63) is 0 Å². The second-order valence-corrected chi connectivity index (χ2v) is 5.13. The first kappa shape index (κ1) is 13.8. The van der Waals surface area contributed by atoms with Gasteiger partial charge in [-0.3, -0.25) is 4.90 Å². The predicted octanol–water partition coefficient (Wildman–Crippen LogP) is 2.21. The zero-order chi connectivity index (χ0) is 12.5. The van der Waals surface area contributed by atoms with Gasteiger partial charge in [0.15, 0.2) is 0 Å². The Kier molecular flexibility index (Phi) is 4.23. The molecule has 2 atom stereocenters. The molecular formula is C11H21F3N2. The Morgan fingerprint density at radius 1 is 1.25 bits per heavy atom. The summed E-state index contributed by atoms with van der Waals surface area (Å²) in [6.07, 6.45) is -3.29. The molecule has 1 heterocycles. The van der Waals surface area contributed by atoms with E-state index in [0.717, 1.165) is 6.42 Å². The van der Waals surface area contributed by atoms with Gasteiger partial charge in [-0.15, -0.1) is 0 Å². The number of hydrogen-bond donors (Lipinski definition) is 0. The summed E-state index contributed by atoms with van der Waals surface area (Å²) in [4.78, 5) is 3.59.